The third kappa shape index (κ3) is 3.08. The van der Waals surface area contributed by atoms with Gasteiger partial charge in [0.05, 0.1) is 12.6 Å². The number of carbonyl (C=O) groups is 1. The van der Waals surface area contributed by atoms with Gasteiger partial charge in [-0.05, 0) is 46.4 Å². The predicted octanol–water partition coefficient (Wildman–Crippen LogP) is 3.84. The minimum atomic E-state index is -0.167. The van der Waals surface area contributed by atoms with Gasteiger partial charge in [0.1, 0.15) is 18.2 Å². The van der Waals surface area contributed by atoms with E-state index < -0.39 is 0 Å². The zero-order chi connectivity index (χ0) is 15.5. The Morgan fingerprint density at radius 3 is 2.77 bits per heavy atom. The maximum atomic E-state index is 12.3. The first-order chi connectivity index (χ1) is 10.7. The quantitative estimate of drug-likeness (QED) is 0.538. The van der Waals surface area contributed by atoms with Crippen molar-refractivity contribution in [1.29, 1.82) is 0 Å². The Kier molecular flexibility index (Phi) is 4.88. The van der Waals surface area contributed by atoms with Gasteiger partial charge in [-0.1, -0.05) is 30.3 Å². The number of carbonyl (C=O) groups excluding carboxylic acids is 1. The summed E-state index contributed by atoms with van der Waals surface area (Å²) in [5.41, 5.74) is 2.07. The Balaban J connectivity index is 2.16. The number of alkyl halides is 1. The smallest absolute Gasteiger partial charge is 0.238 e. The van der Waals surface area contributed by atoms with Gasteiger partial charge < -0.3 is 9.64 Å². The maximum Gasteiger partial charge on any atom is 0.238 e. The van der Waals surface area contributed by atoms with Crippen LogP contribution < -0.4 is 4.74 Å². The molecule has 0 aromatic heterocycles. The lowest BCUT2D eigenvalue weighted by Gasteiger charge is -2.30. The fraction of sp³-hybridized carbons (Fsp3) is 0.235. The third-order valence-corrected chi connectivity index (χ3v) is 4.62. The molecule has 1 atom stereocenters. The summed E-state index contributed by atoms with van der Waals surface area (Å²) in [4.78, 5) is 14.1. The molecule has 3 rings (SSSR count). The van der Waals surface area contributed by atoms with Gasteiger partial charge in [0, 0.05) is 9.13 Å². The summed E-state index contributed by atoms with van der Waals surface area (Å²) in [6.07, 6.45) is 0. The summed E-state index contributed by atoms with van der Waals surface area (Å²) in [5, 5.41) is 0. The molecule has 5 heteroatoms. The lowest BCUT2D eigenvalue weighted by Crippen LogP contribution is -2.37. The topological polar surface area (TPSA) is 29.5 Å². The molecule has 0 N–H and O–H groups in total. The van der Waals surface area contributed by atoms with Crippen molar-refractivity contribution in [3.05, 3.63) is 63.2 Å². The predicted molar refractivity (Wildman–Crippen MR) is 95.4 cm³/mol. The SMILES string of the molecule is O=C(CCl)N1CCOc2ccc(I)cc2C1c1ccccc1. The van der Waals surface area contributed by atoms with E-state index in [4.69, 9.17) is 16.3 Å². The Labute approximate surface area is 148 Å². The fourth-order valence-corrected chi connectivity index (χ4v) is 3.42. The Morgan fingerprint density at radius 1 is 1.27 bits per heavy atom. The van der Waals surface area contributed by atoms with E-state index in [-0.39, 0.29) is 17.8 Å². The van der Waals surface area contributed by atoms with Crippen LogP contribution >= 0.6 is 34.2 Å². The van der Waals surface area contributed by atoms with Gasteiger partial charge >= 0.3 is 0 Å². The second kappa shape index (κ2) is 6.87. The zero-order valence-corrected chi connectivity index (χ0v) is 14.8. The number of fused-ring (bicyclic) bond motifs is 1. The van der Waals surface area contributed by atoms with Crippen molar-refractivity contribution < 1.29 is 9.53 Å². The highest BCUT2D eigenvalue weighted by Gasteiger charge is 2.31. The molecular formula is C17H15ClINO2. The van der Waals surface area contributed by atoms with Crippen LogP contribution in [0.4, 0.5) is 0 Å². The highest BCUT2D eigenvalue weighted by Crippen LogP contribution is 2.37. The van der Waals surface area contributed by atoms with E-state index in [1.807, 2.05) is 47.4 Å². The van der Waals surface area contributed by atoms with Gasteiger partial charge in [-0.25, -0.2) is 0 Å². The number of halogens is 2. The van der Waals surface area contributed by atoms with Gasteiger partial charge in [0.2, 0.25) is 5.91 Å². The van der Waals surface area contributed by atoms with Gasteiger partial charge in [-0.3, -0.25) is 4.79 Å². The number of hydrogen-bond donors (Lipinski definition) is 0. The number of benzene rings is 2. The molecule has 0 aliphatic carbocycles. The highest BCUT2D eigenvalue weighted by molar-refractivity contribution is 14.1. The number of nitrogens with zero attached hydrogens (tertiary/aromatic N) is 1. The largest absolute Gasteiger partial charge is 0.491 e. The van der Waals surface area contributed by atoms with Gasteiger partial charge in [-0.2, -0.15) is 0 Å². The monoisotopic (exact) mass is 427 g/mol. The second-order valence-electron chi connectivity index (χ2n) is 5.06. The lowest BCUT2D eigenvalue weighted by atomic mass is 9.96. The molecule has 114 valence electrons. The molecular weight excluding hydrogens is 413 g/mol. The Morgan fingerprint density at radius 2 is 2.05 bits per heavy atom. The number of hydrogen-bond acceptors (Lipinski definition) is 2. The van der Waals surface area contributed by atoms with Crippen molar-refractivity contribution >= 4 is 40.1 Å². The van der Waals surface area contributed by atoms with E-state index in [0.717, 1.165) is 20.4 Å². The van der Waals surface area contributed by atoms with Crippen molar-refractivity contribution in [1.82, 2.24) is 4.90 Å². The van der Waals surface area contributed by atoms with Crippen LogP contribution in [0.15, 0.2) is 48.5 Å². The molecule has 0 fully saturated rings. The van der Waals surface area contributed by atoms with Crippen LogP contribution in [-0.2, 0) is 4.79 Å². The van der Waals surface area contributed by atoms with E-state index in [9.17, 15) is 4.79 Å². The molecule has 2 aromatic carbocycles. The minimum absolute atomic E-state index is 0.0252. The number of amides is 1. The molecule has 0 radical (unpaired) electrons. The number of rotatable bonds is 2. The first kappa shape index (κ1) is 15.6. The molecule has 0 bridgehead atoms. The van der Waals surface area contributed by atoms with Crippen molar-refractivity contribution in [2.75, 3.05) is 19.0 Å². The van der Waals surface area contributed by atoms with Gasteiger partial charge in [0.25, 0.3) is 0 Å². The van der Waals surface area contributed by atoms with Crippen LogP contribution in [0.5, 0.6) is 5.75 Å². The molecule has 1 amide bonds. The van der Waals surface area contributed by atoms with Gasteiger partial charge in [-0.15, -0.1) is 11.6 Å². The molecule has 1 unspecified atom stereocenters. The van der Waals surface area contributed by atoms with E-state index in [1.54, 1.807) is 0 Å². The molecule has 0 saturated heterocycles. The zero-order valence-electron chi connectivity index (χ0n) is 11.8. The molecule has 0 spiro atoms. The minimum Gasteiger partial charge on any atom is -0.491 e. The molecule has 2 aromatic rings. The molecule has 1 aliphatic heterocycles. The average Bonchev–Trinajstić information content (AvgIpc) is 2.74. The molecule has 1 heterocycles. The lowest BCUT2D eigenvalue weighted by molar-refractivity contribution is -0.130. The average molecular weight is 428 g/mol. The third-order valence-electron chi connectivity index (χ3n) is 3.72. The van der Waals surface area contributed by atoms with E-state index in [2.05, 4.69) is 28.7 Å². The summed E-state index contributed by atoms with van der Waals surface area (Å²) < 4.78 is 6.95. The summed E-state index contributed by atoms with van der Waals surface area (Å²) in [5.74, 6) is 0.729. The fourth-order valence-electron chi connectivity index (χ4n) is 2.76. The van der Waals surface area contributed by atoms with Crippen LogP contribution in [0.25, 0.3) is 0 Å². The Hall–Kier alpha value is -1.27. The maximum absolute atomic E-state index is 12.3. The van der Waals surface area contributed by atoms with Gasteiger partial charge in [0.15, 0.2) is 0 Å². The first-order valence-electron chi connectivity index (χ1n) is 7.03. The van der Waals surface area contributed by atoms with Crippen molar-refractivity contribution in [3.8, 4) is 5.75 Å². The second-order valence-corrected chi connectivity index (χ2v) is 6.58. The summed E-state index contributed by atoms with van der Waals surface area (Å²) in [7, 11) is 0. The van der Waals surface area contributed by atoms with E-state index >= 15 is 0 Å². The highest BCUT2D eigenvalue weighted by atomic mass is 127. The first-order valence-corrected chi connectivity index (χ1v) is 8.64. The number of ether oxygens (including phenoxy) is 1. The van der Waals surface area contributed by atoms with Crippen molar-refractivity contribution in [2.24, 2.45) is 0 Å². The summed E-state index contributed by atoms with van der Waals surface area (Å²) >= 11 is 8.09. The Bertz CT molecular complexity index is 678. The normalized spacial score (nSPS) is 17.4. The van der Waals surface area contributed by atoms with Crippen LogP contribution in [0, 0.1) is 3.57 Å². The van der Waals surface area contributed by atoms with E-state index in [1.165, 1.54) is 0 Å². The van der Waals surface area contributed by atoms with E-state index in [0.29, 0.717) is 13.2 Å². The molecule has 1 aliphatic rings. The van der Waals surface area contributed by atoms with Crippen LogP contribution in [0.3, 0.4) is 0 Å². The molecule has 3 nitrogen and oxygen atoms in total. The molecule has 22 heavy (non-hydrogen) atoms. The van der Waals surface area contributed by atoms with Crippen molar-refractivity contribution in [3.63, 3.8) is 0 Å². The summed E-state index contributed by atoms with van der Waals surface area (Å²) in [6, 6.07) is 15.9. The van der Waals surface area contributed by atoms with Crippen LogP contribution in [0.1, 0.15) is 17.2 Å². The van der Waals surface area contributed by atoms with Crippen molar-refractivity contribution in [2.45, 2.75) is 6.04 Å². The van der Waals surface area contributed by atoms with Crippen LogP contribution in [0.2, 0.25) is 0 Å². The standard InChI is InChI=1S/C17H15ClINO2/c18-11-16(21)20-8-9-22-15-7-6-13(19)10-14(15)17(20)12-4-2-1-3-5-12/h1-7,10,17H,8-9,11H2. The molecule has 0 saturated carbocycles. The van der Waals surface area contributed by atoms with Crippen LogP contribution in [-0.4, -0.2) is 29.8 Å². The summed E-state index contributed by atoms with van der Waals surface area (Å²) in [6.45, 7) is 0.996.